The van der Waals surface area contributed by atoms with E-state index in [-0.39, 0.29) is 0 Å². The second kappa shape index (κ2) is 5.62. The van der Waals surface area contributed by atoms with Gasteiger partial charge >= 0.3 is 0 Å². The van der Waals surface area contributed by atoms with Crippen LogP contribution in [0.1, 0.15) is 11.5 Å². The maximum absolute atomic E-state index is 5.51. The number of thioether (sulfide) groups is 1. The molecule has 0 atom stereocenters. The average molecular weight is 302 g/mol. The summed E-state index contributed by atoms with van der Waals surface area (Å²) in [6.07, 6.45) is 3.42. The Morgan fingerprint density at radius 3 is 2.95 bits per heavy atom. The van der Waals surface area contributed by atoms with Crippen molar-refractivity contribution in [3.05, 3.63) is 30.0 Å². The molecule has 0 fully saturated rings. The number of nitrogens with zero attached hydrogens (tertiary/aromatic N) is 6. The zero-order valence-corrected chi connectivity index (χ0v) is 12.4. The van der Waals surface area contributed by atoms with E-state index in [1.807, 2.05) is 20.0 Å². The number of nitrogen functional groups attached to an aromatic ring is 1. The molecule has 3 aromatic rings. The van der Waals surface area contributed by atoms with Crippen LogP contribution in [-0.2, 0) is 12.8 Å². The summed E-state index contributed by atoms with van der Waals surface area (Å²) in [5, 5.41) is 5.65. The minimum absolute atomic E-state index is 0.555. The lowest BCUT2D eigenvalue weighted by atomic mass is 10.4. The predicted molar refractivity (Wildman–Crippen MR) is 80.4 cm³/mol. The van der Waals surface area contributed by atoms with Crippen LogP contribution in [0.5, 0.6) is 0 Å². The van der Waals surface area contributed by atoms with Gasteiger partial charge in [0, 0.05) is 18.9 Å². The first-order valence-electron chi connectivity index (χ1n) is 6.25. The Morgan fingerprint density at radius 1 is 1.33 bits per heavy atom. The third kappa shape index (κ3) is 2.78. The standard InChI is InChI=1S/C12H14N8S/c1-7-3-4-14-12(16-7)21-6-9-17-10(19-13)8-5-15-20(2)11(8)18-9/h3-5H,6,13H2,1-2H3,(H,17,18,19). The number of nitrogens with two attached hydrogens (primary N) is 1. The van der Waals surface area contributed by atoms with Gasteiger partial charge in [-0.05, 0) is 13.0 Å². The largest absolute Gasteiger partial charge is 0.308 e. The summed E-state index contributed by atoms with van der Waals surface area (Å²) in [5.74, 6) is 7.28. The normalized spacial score (nSPS) is 11.0. The Bertz CT molecular complexity index is 784. The maximum Gasteiger partial charge on any atom is 0.188 e. The van der Waals surface area contributed by atoms with E-state index in [4.69, 9.17) is 5.84 Å². The summed E-state index contributed by atoms with van der Waals surface area (Å²) in [6, 6.07) is 1.86. The molecule has 21 heavy (non-hydrogen) atoms. The Balaban J connectivity index is 1.88. The van der Waals surface area contributed by atoms with Crippen molar-refractivity contribution in [2.45, 2.75) is 17.8 Å². The van der Waals surface area contributed by atoms with Crippen molar-refractivity contribution in [3.8, 4) is 0 Å². The third-order valence-corrected chi connectivity index (χ3v) is 3.74. The van der Waals surface area contributed by atoms with Crippen LogP contribution < -0.4 is 11.3 Å². The Hall–Kier alpha value is -2.26. The molecule has 3 rings (SSSR count). The van der Waals surface area contributed by atoms with Gasteiger partial charge in [-0.1, -0.05) is 11.8 Å². The van der Waals surface area contributed by atoms with Gasteiger partial charge in [-0.2, -0.15) is 5.10 Å². The van der Waals surface area contributed by atoms with Crippen molar-refractivity contribution in [1.29, 1.82) is 0 Å². The third-order valence-electron chi connectivity index (χ3n) is 2.88. The van der Waals surface area contributed by atoms with E-state index < -0.39 is 0 Å². The van der Waals surface area contributed by atoms with E-state index in [1.165, 1.54) is 11.8 Å². The quantitative estimate of drug-likeness (QED) is 0.318. The lowest BCUT2D eigenvalue weighted by Gasteiger charge is -2.05. The number of hydrogen-bond acceptors (Lipinski definition) is 8. The van der Waals surface area contributed by atoms with Crippen molar-refractivity contribution in [2.24, 2.45) is 12.9 Å². The van der Waals surface area contributed by atoms with E-state index in [2.05, 4.69) is 30.5 Å². The zero-order chi connectivity index (χ0) is 14.8. The molecule has 0 amide bonds. The minimum atomic E-state index is 0.555. The van der Waals surface area contributed by atoms with Crippen molar-refractivity contribution in [1.82, 2.24) is 29.7 Å². The van der Waals surface area contributed by atoms with Crippen molar-refractivity contribution < 1.29 is 0 Å². The Labute approximate surface area is 125 Å². The molecule has 108 valence electrons. The summed E-state index contributed by atoms with van der Waals surface area (Å²) in [7, 11) is 1.83. The molecule has 0 spiro atoms. The molecule has 0 aromatic carbocycles. The lowest BCUT2D eigenvalue weighted by Crippen LogP contribution is -2.11. The maximum atomic E-state index is 5.51. The van der Waals surface area contributed by atoms with Crippen molar-refractivity contribution >= 4 is 28.6 Å². The second-order valence-corrected chi connectivity index (χ2v) is 5.35. The van der Waals surface area contributed by atoms with E-state index in [0.717, 1.165) is 16.7 Å². The van der Waals surface area contributed by atoms with E-state index in [0.29, 0.717) is 22.6 Å². The van der Waals surface area contributed by atoms with Crippen LogP contribution in [0.3, 0.4) is 0 Å². The van der Waals surface area contributed by atoms with Gasteiger partial charge in [-0.3, -0.25) is 4.68 Å². The number of rotatable bonds is 4. The van der Waals surface area contributed by atoms with Gasteiger partial charge in [-0.15, -0.1) is 0 Å². The molecular weight excluding hydrogens is 288 g/mol. The highest BCUT2D eigenvalue weighted by Crippen LogP contribution is 2.22. The molecule has 0 radical (unpaired) electrons. The van der Waals surface area contributed by atoms with Crippen LogP contribution in [0.25, 0.3) is 11.0 Å². The molecule has 0 bridgehead atoms. The fourth-order valence-electron chi connectivity index (χ4n) is 1.87. The Morgan fingerprint density at radius 2 is 2.19 bits per heavy atom. The number of fused-ring (bicyclic) bond motifs is 1. The fraction of sp³-hybridized carbons (Fsp3) is 0.250. The van der Waals surface area contributed by atoms with Gasteiger partial charge in [0.05, 0.1) is 17.3 Å². The number of aromatic nitrogens is 6. The number of aryl methyl sites for hydroxylation is 2. The zero-order valence-electron chi connectivity index (χ0n) is 11.6. The lowest BCUT2D eigenvalue weighted by molar-refractivity contribution is 0.782. The van der Waals surface area contributed by atoms with Crippen LogP contribution in [0, 0.1) is 6.92 Å². The molecule has 0 saturated carbocycles. The van der Waals surface area contributed by atoms with Gasteiger partial charge in [0.2, 0.25) is 0 Å². The molecule has 3 N–H and O–H groups in total. The molecule has 9 heteroatoms. The van der Waals surface area contributed by atoms with Gasteiger partial charge in [0.25, 0.3) is 0 Å². The van der Waals surface area contributed by atoms with Crippen molar-refractivity contribution in [3.63, 3.8) is 0 Å². The molecular formula is C12H14N8S. The SMILES string of the molecule is Cc1ccnc(SCc2nc(NN)c3cnn(C)c3n2)n1. The summed E-state index contributed by atoms with van der Waals surface area (Å²) >= 11 is 1.48. The first kappa shape index (κ1) is 13.7. The van der Waals surface area contributed by atoms with Crippen LogP contribution >= 0.6 is 11.8 Å². The number of hydrazine groups is 1. The highest BCUT2D eigenvalue weighted by molar-refractivity contribution is 7.98. The van der Waals surface area contributed by atoms with Gasteiger partial charge in [0.1, 0.15) is 5.82 Å². The monoisotopic (exact) mass is 302 g/mol. The number of anilines is 1. The molecule has 0 aliphatic carbocycles. The van der Waals surface area contributed by atoms with Crippen molar-refractivity contribution in [2.75, 3.05) is 5.43 Å². The fourth-order valence-corrected chi connectivity index (χ4v) is 2.60. The topological polar surface area (TPSA) is 107 Å². The smallest absolute Gasteiger partial charge is 0.188 e. The van der Waals surface area contributed by atoms with E-state index in [1.54, 1.807) is 17.1 Å². The van der Waals surface area contributed by atoms with Crippen LogP contribution in [0.15, 0.2) is 23.6 Å². The van der Waals surface area contributed by atoms with Crippen LogP contribution in [-0.4, -0.2) is 29.7 Å². The predicted octanol–water partition coefficient (Wildman–Crippen LogP) is 1.04. The summed E-state index contributed by atoms with van der Waals surface area (Å²) < 4.78 is 1.69. The summed E-state index contributed by atoms with van der Waals surface area (Å²) in [5.41, 5.74) is 4.25. The van der Waals surface area contributed by atoms with Crippen LogP contribution in [0.2, 0.25) is 0 Å². The van der Waals surface area contributed by atoms with E-state index >= 15 is 0 Å². The summed E-state index contributed by atoms with van der Waals surface area (Å²) in [6.45, 7) is 1.93. The number of hydrogen-bond donors (Lipinski definition) is 2. The molecule has 0 aliphatic heterocycles. The highest BCUT2D eigenvalue weighted by atomic mass is 32.2. The first-order valence-corrected chi connectivity index (χ1v) is 7.23. The molecule has 0 aliphatic rings. The van der Waals surface area contributed by atoms with Gasteiger partial charge in [0.15, 0.2) is 16.6 Å². The Kier molecular flexibility index (Phi) is 3.67. The van der Waals surface area contributed by atoms with Gasteiger partial charge in [-0.25, -0.2) is 25.8 Å². The average Bonchev–Trinajstić information content (AvgIpc) is 2.86. The molecule has 3 heterocycles. The molecule has 3 aromatic heterocycles. The molecule has 0 unspecified atom stereocenters. The minimum Gasteiger partial charge on any atom is -0.308 e. The molecule has 8 nitrogen and oxygen atoms in total. The molecule has 0 saturated heterocycles. The first-order chi connectivity index (χ1) is 10.2. The van der Waals surface area contributed by atoms with Gasteiger partial charge < -0.3 is 5.43 Å². The van der Waals surface area contributed by atoms with E-state index in [9.17, 15) is 0 Å². The number of nitrogens with one attached hydrogen (secondary N) is 1. The van der Waals surface area contributed by atoms with Crippen LogP contribution in [0.4, 0.5) is 5.82 Å². The highest BCUT2D eigenvalue weighted by Gasteiger charge is 2.11. The summed E-state index contributed by atoms with van der Waals surface area (Å²) in [4.78, 5) is 17.4. The second-order valence-electron chi connectivity index (χ2n) is 4.41.